The number of methoxy groups -OCH3 is 1. The molecule has 7 heteroatoms. The van der Waals surface area contributed by atoms with Gasteiger partial charge in [0.1, 0.15) is 17.5 Å². The molecule has 7 nitrogen and oxygen atoms in total. The van der Waals surface area contributed by atoms with E-state index in [9.17, 15) is 9.59 Å². The van der Waals surface area contributed by atoms with Gasteiger partial charge in [0.2, 0.25) is 5.91 Å². The first-order valence-corrected chi connectivity index (χ1v) is 10.0. The summed E-state index contributed by atoms with van der Waals surface area (Å²) in [5, 5.41) is 10.4. The van der Waals surface area contributed by atoms with E-state index >= 15 is 0 Å². The van der Waals surface area contributed by atoms with Crippen LogP contribution in [-0.4, -0.2) is 41.3 Å². The van der Waals surface area contributed by atoms with Crippen LogP contribution in [0.15, 0.2) is 60.7 Å². The van der Waals surface area contributed by atoms with Crippen molar-refractivity contribution in [1.29, 1.82) is 0 Å². The summed E-state index contributed by atoms with van der Waals surface area (Å²) >= 11 is 0. The zero-order chi connectivity index (χ0) is 20.9. The van der Waals surface area contributed by atoms with Crippen molar-refractivity contribution in [1.82, 2.24) is 20.4 Å². The number of ether oxygens (including phenoxy) is 1. The number of amides is 2. The molecular weight excluding hydrogens is 380 g/mol. The molecule has 2 heterocycles. The maximum Gasteiger partial charge on any atom is 0.270 e. The van der Waals surface area contributed by atoms with E-state index in [0.717, 1.165) is 29.8 Å². The van der Waals surface area contributed by atoms with Gasteiger partial charge in [0.15, 0.2) is 0 Å². The van der Waals surface area contributed by atoms with Crippen LogP contribution in [0.3, 0.4) is 0 Å². The molecule has 3 aromatic rings. The number of nitrogens with one attached hydrogen (secondary N) is 2. The summed E-state index contributed by atoms with van der Waals surface area (Å²) in [4.78, 5) is 25.4. The van der Waals surface area contributed by atoms with Crippen molar-refractivity contribution in [3.8, 4) is 22.7 Å². The number of rotatable bonds is 5. The second-order valence-electron chi connectivity index (χ2n) is 7.20. The summed E-state index contributed by atoms with van der Waals surface area (Å²) in [6, 6.07) is 18.2. The molecule has 0 radical (unpaired) electrons. The van der Waals surface area contributed by atoms with Crippen LogP contribution in [0.4, 0.5) is 0 Å². The van der Waals surface area contributed by atoms with E-state index < -0.39 is 6.04 Å². The Bertz CT molecular complexity index is 1030. The number of para-hydroxylation sites is 1. The van der Waals surface area contributed by atoms with E-state index in [-0.39, 0.29) is 11.8 Å². The van der Waals surface area contributed by atoms with E-state index in [1.54, 1.807) is 17.9 Å². The third-order valence-electron chi connectivity index (χ3n) is 5.17. The molecule has 2 amide bonds. The lowest BCUT2D eigenvalue weighted by atomic mass is 10.1. The molecular formula is C23H24N4O3. The lowest BCUT2D eigenvalue weighted by Gasteiger charge is -2.15. The topological polar surface area (TPSA) is 85.3 Å². The van der Waals surface area contributed by atoms with Crippen LogP contribution >= 0.6 is 0 Å². The summed E-state index contributed by atoms with van der Waals surface area (Å²) in [6.45, 7) is 0.648. The van der Waals surface area contributed by atoms with Crippen molar-refractivity contribution in [3.63, 3.8) is 0 Å². The van der Waals surface area contributed by atoms with Crippen molar-refractivity contribution in [2.75, 3.05) is 13.7 Å². The highest BCUT2D eigenvalue weighted by molar-refractivity contribution is 5.97. The number of nitrogens with zero attached hydrogens (tertiary/aromatic N) is 2. The molecule has 2 aromatic carbocycles. The Hall–Kier alpha value is -3.61. The molecule has 0 unspecified atom stereocenters. The third-order valence-corrected chi connectivity index (χ3v) is 5.17. The highest BCUT2D eigenvalue weighted by atomic mass is 16.5. The highest BCUT2D eigenvalue weighted by Gasteiger charge is 2.25. The van der Waals surface area contributed by atoms with Crippen molar-refractivity contribution in [2.45, 2.75) is 25.3 Å². The Morgan fingerprint density at radius 3 is 2.63 bits per heavy atom. The van der Waals surface area contributed by atoms with E-state index in [1.165, 1.54) is 0 Å². The monoisotopic (exact) mass is 404 g/mol. The summed E-state index contributed by atoms with van der Waals surface area (Å²) < 4.78 is 6.83. The fourth-order valence-electron chi connectivity index (χ4n) is 3.52. The van der Waals surface area contributed by atoms with Crippen molar-refractivity contribution >= 4 is 11.8 Å². The van der Waals surface area contributed by atoms with E-state index in [4.69, 9.17) is 4.74 Å². The van der Waals surface area contributed by atoms with Crippen molar-refractivity contribution in [2.24, 2.45) is 0 Å². The van der Waals surface area contributed by atoms with Crippen molar-refractivity contribution < 1.29 is 14.3 Å². The minimum absolute atomic E-state index is 0.137. The fourth-order valence-corrected chi connectivity index (χ4v) is 3.52. The molecule has 0 spiro atoms. The Labute approximate surface area is 175 Å². The molecule has 1 saturated heterocycles. The lowest BCUT2D eigenvalue weighted by molar-refractivity contribution is -0.122. The number of hydrogen-bond acceptors (Lipinski definition) is 4. The molecule has 2 N–H and O–H groups in total. The van der Waals surface area contributed by atoms with Gasteiger partial charge in [-0.05, 0) is 61.7 Å². The van der Waals surface area contributed by atoms with Gasteiger partial charge in [0, 0.05) is 12.1 Å². The van der Waals surface area contributed by atoms with Gasteiger partial charge in [-0.1, -0.05) is 18.2 Å². The standard InChI is InChI=1S/C23H24N4O3/c1-30-18-12-10-16(11-13-18)20-15-21(27(26-20)17-7-3-2-4-8-17)23(29)25-19-9-5-6-14-24-22(19)28/h2-4,7-8,10-13,15,19H,5-6,9,14H2,1H3,(H,24,28)(H,25,29)/t19-/m0/s1. The molecule has 1 aliphatic heterocycles. The van der Waals surface area contributed by atoms with Crippen LogP contribution in [0.2, 0.25) is 0 Å². The molecule has 0 aliphatic carbocycles. The zero-order valence-corrected chi connectivity index (χ0v) is 16.8. The second-order valence-corrected chi connectivity index (χ2v) is 7.20. The Morgan fingerprint density at radius 1 is 1.13 bits per heavy atom. The Balaban J connectivity index is 1.68. The predicted molar refractivity (Wildman–Crippen MR) is 114 cm³/mol. The van der Waals surface area contributed by atoms with Gasteiger partial charge in [0.05, 0.1) is 18.5 Å². The van der Waals surface area contributed by atoms with Crippen LogP contribution in [0, 0.1) is 0 Å². The minimum Gasteiger partial charge on any atom is -0.497 e. The fraction of sp³-hybridized carbons (Fsp3) is 0.261. The third kappa shape index (κ3) is 4.20. The maximum atomic E-state index is 13.1. The van der Waals surface area contributed by atoms with E-state index in [2.05, 4.69) is 15.7 Å². The minimum atomic E-state index is -0.538. The van der Waals surface area contributed by atoms with Crippen LogP contribution in [0.1, 0.15) is 29.8 Å². The first-order chi connectivity index (χ1) is 14.7. The van der Waals surface area contributed by atoms with Crippen LogP contribution in [0.5, 0.6) is 5.75 Å². The largest absolute Gasteiger partial charge is 0.497 e. The van der Waals surface area contributed by atoms with Gasteiger partial charge in [0.25, 0.3) is 5.91 Å². The molecule has 154 valence electrons. The lowest BCUT2D eigenvalue weighted by Crippen LogP contribution is -2.45. The quantitative estimate of drug-likeness (QED) is 0.685. The Morgan fingerprint density at radius 2 is 1.90 bits per heavy atom. The normalized spacial score (nSPS) is 16.4. The van der Waals surface area contributed by atoms with Crippen LogP contribution < -0.4 is 15.4 Å². The van der Waals surface area contributed by atoms with Crippen molar-refractivity contribution in [3.05, 3.63) is 66.4 Å². The van der Waals surface area contributed by atoms with Gasteiger partial charge in [-0.2, -0.15) is 5.10 Å². The van der Waals surface area contributed by atoms with Crippen LogP contribution in [-0.2, 0) is 4.79 Å². The predicted octanol–water partition coefficient (Wildman–Crippen LogP) is 2.95. The van der Waals surface area contributed by atoms with Gasteiger partial charge in [-0.3, -0.25) is 9.59 Å². The number of hydrogen-bond donors (Lipinski definition) is 2. The number of aromatic nitrogens is 2. The number of carbonyl (C=O) groups is 2. The molecule has 30 heavy (non-hydrogen) atoms. The summed E-state index contributed by atoms with van der Waals surface area (Å²) in [7, 11) is 1.62. The van der Waals surface area contributed by atoms with Crippen LogP contribution in [0.25, 0.3) is 16.9 Å². The first-order valence-electron chi connectivity index (χ1n) is 10.0. The number of carbonyl (C=O) groups excluding carboxylic acids is 2. The molecule has 1 atom stereocenters. The van der Waals surface area contributed by atoms with Gasteiger partial charge in [-0.15, -0.1) is 0 Å². The van der Waals surface area contributed by atoms with E-state index in [1.807, 2.05) is 54.6 Å². The van der Waals surface area contributed by atoms with E-state index in [0.29, 0.717) is 24.4 Å². The molecule has 1 aliphatic rings. The first kappa shape index (κ1) is 19.7. The summed E-state index contributed by atoms with van der Waals surface area (Å²) in [5.74, 6) is 0.286. The summed E-state index contributed by atoms with van der Waals surface area (Å²) in [5.41, 5.74) is 2.68. The molecule has 4 rings (SSSR count). The molecule has 1 fully saturated rings. The van der Waals surface area contributed by atoms with Gasteiger partial charge >= 0.3 is 0 Å². The number of benzene rings is 2. The average Bonchev–Trinajstić information content (AvgIpc) is 3.14. The maximum absolute atomic E-state index is 13.1. The smallest absolute Gasteiger partial charge is 0.270 e. The molecule has 0 saturated carbocycles. The Kier molecular flexibility index (Phi) is 5.79. The molecule has 1 aromatic heterocycles. The van der Waals surface area contributed by atoms with Gasteiger partial charge in [-0.25, -0.2) is 4.68 Å². The second kappa shape index (κ2) is 8.82. The van der Waals surface area contributed by atoms with Gasteiger partial charge < -0.3 is 15.4 Å². The summed E-state index contributed by atoms with van der Waals surface area (Å²) in [6.07, 6.45) is 2.43. The zero-order valence-electron chi connectivity index (χ0n) is 16.8. The average molecular weight is 404 g/mol. The highest BCUT2D eigenvalue weighted by Crippen LogP contribution is 2.24. The molecule has 0 bridgehead atoms. The SMILES string of the molecule is COc1ccc(-c2cc(C(=O)N[C@H]3CCCCNC3=O)n(-c3ccccc3)n2)cc1.